The number of nitriles is 1. The van der Waals surface area contributed by atoms with Gasteiger partial charge in [-0.3, -0.25) is 14.5 Å². The second kappa shape index (κ2) is 11.3. The van der Waals surface area contributed by atoms with Crippen LogP contribution in [0.25, 0.3) is 0 Å². The van der Waals surface area contributed by atoms with Gasteiger partial charge in [0.15, 0.2) is 0 Å². The first-order valence-corrected chi connectivity index (χ1v) is 13.4. The highest BCUT2D eigenvalue weighted by atomic mass is 35.5. The fourth-order valence-electron chi connectivity index (χ4n) is 5.22. The van der Waals surface area contributed by atoms with Crippen LogP contribution in [0.4, 0.5) is 28.9 Å². The van der Waals surface area contributed by atoms with Crippen molar-refractivity contribution in [1.29, 1.82) is 5.26 Å². The quantitative estimate of drug-likeness (QED) is 0.392. The number of nitrogens with one attached hydrogen (secondary N) is 1. The Labute approximate surface area is 244 Å². The van der Waals surface area contributed by atoms with E-state index in [0.717, 1.165) is 12.1 Å². The minimum absolute atomic E-state index is 0. The maximum Gasteiger partial charge on any atom is 0.417 e. The molecule has 0 saturated carbocycles. The van der Waals surface area contributed by atoms with Crippen LogP contribution in [0, 0.1) is 17.1 Å². The number of alkyl halides is 3. The van der Waals surface area contributed by atoms with Crippen molar-refractivity contribution in [3.63, 3.8) is 0 Å². The minimum atomic E-state index is -4.81. The van der Waals surface area contributed by atoms with Gasteiger partial charge in [-0.15, -0.1) is 23.7 Å². The summed E-state index contributed by atoms with van der Waals surface area (Å²) >= 11 is 1.30. The van der Waals surface area contributed by atoms with E-state index in [0.29, 0.717) is 36.7 Å². The number of anilines is 2. The summed E-state index contributed by atoms with van der Waals surface area (Å²) in [7, 11) is 0. The summed E-state index contributed by atoms with van der Waals surface area (Å²) in [4.78, 5) is 31.9. The van der Waals surface area contributed by atoms with Crippen molar-refractivity contribution in [1.82, 2.24) is 10.2 Å². The first-order valence-electron chi connectivity index (χ1n) is 12.5. The molecule has 3 heterocycles. The number of carbonyl (C=O) groups excluding carboxylic acids is 2. The van der Waals surface area contributed by atoms with Crippen LogP contribution in [0.2, 0.25) is 0 Å². The molecular formula is C28H26ClF4N5O2S. The van der Waals surface area contributed by atoms with Crippen LogP contribution in [0.3, 0.4) is 0 Å². The van der Waals surface area contributed by atoms with Crippen LogP contribution >= 0.6 is 23.7 Å². The zero-order valence-electron chi connectivity index (χ0n) is 22.0. The zero-order valence-corrected chi connectivity index (χ0v) is 23.7. The summed E-state index contributed by atoms with van der Waals surface area (Å²) in [6.45, 7) is 5.35. The molecule has 7 nitrogen and oxygen atoms in total. The first-order chi connectivity index (χ1) is 18.9. The molecule has 1 atom stereocenters. The molecule has 0 radical (unpaired) electrons. The summed E-state index contributed by atoms with van der Waals surface area (Å²) in [5, 5.41) is 14.1. The van der Waals surface area contributed by atoms with E-state index < -0.39 is 46.6 Å². The Morgan fingerprint density at radius 2 is 1.78 bits per heavy atom. The maximum absolute atomic E-state index is 15.5. The lowest BCUT2D eigenvalue weighted by atomic mass is 10.0. The van der Waals surface area contributed by atoms with E-state index in [9.17, 15) is 28.0 Å². The molecule has 1 aromatic heterocycles. The molecule has 2 aliphatic heterocycles. The number of hydrogen-bond acceptors (Lipinski definition) is 6. The third-order valence-electron chi connectivity index (χ3n) is 7.20. The molecule has 0 aliphatic carbocycles. The highest BCUT2D eigenvalue weighted by molar-refractivity contribution is 7.10. The summed E-state index contributed by atoms with van der Waals surface area (Å²) < 4.78 is 56.9. The molecule has 0 spiro atoms. The second-order valence-corrected chi connectivity index (χ2v) is 11.0. The zero-order chi connectivity index (χ0) is 28.8. The van der Waals surface area contributed by atoms with Crippen LogP contribution in [-0.2, 0) is 11.0 Å². The number of nitrogens with zero attached hydrogens (tertiary/aromatic N) is 4. The fourth-order valence-corrected chi connectivity index (χ4v) is 6.03. The van der Waals surface area contributed by atoms with Gasteiger partial charge < -0.3 is 15.1 Å². The van der Waals surface area contributed by atoms with Crippen LogP contribution in [0.1, 0.15) is 46.4 Å². The average Bonchev–Trinajstić information content (AvgIpc) is 3.53. The van der Waals surface area contributed by atoms with Gasteiger partial charge in [0.2, 0.25) is 0 Å². The van der Waals surface area contributed by atoms with Crippen molar-refractivity contribution in [3.05, 3.63) is 81.3 Å². The Kier molecular flexibility index (Phi) is 8.36. The smallest absolute Gasteiger partial charge is 0.336 e. The molecule has 1 unspecified atom stereocenters. The Balaban J connectivity index is 0.00000387. The minimum Gasteiger partial charge on any atom is -0.336 e. The summed E-state index contributed by atoms with van der Waals surface area (Å²) in [5.41, 5.74) is -2.87. The third kappa shape index (κ3) is 5.37. The standard InChI is InChI=1S/C28H25F4N5O2S.ClH/c1-27(2)26(39)36(18-6-5-17(16-33)21(14-18)28(30,31)32)24(23-4-3-13-40-23)37(27)19-7-8-20(22(29)15-19)25(38)35-11-9-34-10-12-35;/h3-8,13-15,24,34H,9-12H2,1-2H3;1H. The van der Waals surface area contributed by atoms with E-state index in [1.807, 2.05) is 0 Å². The maximum atomic E-state index is 15.5. The molecule has 5 rings (SSSR count). The van der Waals surface area contributed by atoms with Crippen molar-refractivity contribution in [2.24, 2.45) is 0 Å². The normalized spacial score (nSPS) is 18.7. The molecule has 3 aromatic rings. The molecule has 2 aliphatic rings. The van der Waals surface area contributed by atoms with Crippen LogP contribution in [0.5, 0.6) is 0 Å². The SMILES string of the molecule is CC1(C)C(=O)N(c2ccc(C#N)c(C(F)(F)F)c2)C(c2cccs2)N1c1ccc(C(=O)N2CCNCC2)c(F)c1.Cl. The summed E-state index contributed by atoms with van der Waals surface area (Å²) in [5.74, 6) is -1.70. The van der Waals surface area contributed by atoms with Gasteiger partial charge in [0.25, 0.3) is 11.8 Å². The third-order valence-corrected chi connectivity index (χ3v) is 8.12. The number of amides is 2. The van der Waals surface area contributed by atoms with E-state index in [-0.39, 0.29) is 23.7 Å². The van der Waals surface area contributed by atoms with Crippen molar-refractivity contribution in [3.8, 4) is 6.07 Å². The first kappa shape index (κ1) is 30.3. The number of thiophene rings is 1. The van der Waals surface area contributed by atoms with Gasteiger partial charge in [-0.2, -0.15) is 18.4 Å². The van der Waals surface area contributed by atoms with Crippen LogP contribution < -0.4 is 15.1 Å². The molecule has 2 aromatic carbocycles. The van der Waals surface area contributed by atoms with Gasteiger partial charge in [0.05, 0.1) is 22.8 Å². The monoisotopic (exact) mass is 607 g/mol. The van der Waals surface area contributed by atoms with Crippen molar-refractivity contribution < 1.29 is 27.2 Å². The van der Waals surface area contributed by atoms with Gasteiger partial charge in [-0.25, -0.2) is 4.39 Å². The lowest BCUT2D eigenvalue weighted by Gasteiger charge is -2.36. The Bertz CT molecular complexity index is 1500. The fraction of sp³-hybridized carbons (Fsp3) is 0.321. The molecule has 2 fully saturated rings. The van der Waals surface area contributed by atoms with Crippen molar-refractivity contribution >= 4 is 46.9 Å². The largest absolute Gasteiger partial charge is 0.417 e. The van der Waals surface area contributed by atoms with Crippen LogP contribution in [0.15, 0.2) is 53.9 Å². The second-order valence-electron chi connectivity index (χ2n) is 10.0. The molecule has 216 valence electrons. The van der Waals surface area contributed by atoms with Gasteiger partial charge in [-0.1, -0.05) is 6.07 Å². The van der Waals surface area contributed by atoms with Gasteiger partial charge >= 0.3 is 6.18 Å². The molecule has 41 heavy (non-hydrogen) atoms. The van der Waals surface area contributed by atoms with Gasteiger partial charge in [0.1, 0.15) is 17.5 Å². The summed E-state index contributed by atoms with van der Waals surface area (Å²) in [6, 6.07) is 12.3. The predicted octanol–water partition coefficient (Wildman–Crippen LogP) is 5.58. The van der Waals surface area contributed by atoms with E-state index in [1.54, 1.807) is 53.3 Å². The summed E-state index contributed by atoms with van der Waals surface area (Å²) in [6.07, 6.45) is -5.72. The number of carbonyl (C=O) groups is 2. The van der Waals surface area contributed by atoms with E-state index in [4.69, 9.17) is 0 Å². The van der Waals surface area contributed by atoms with Gasteiger partial charge in [0, 0.05) is 42.4 Å². The van der Waals surface area contributed by atoms with Crippen molar-refractivity contribution in [2.75, 3.05) is 36.0 Å². The molecule has 2 amide bonds. The van der Waals surface area contributed by atoms with E-state index in [2.05, 4.69) is 5.32 Å². The lowest BCUT2D eigenvalue weighted by Crippen LogP contribution is -2.46. The average molecular weight is 608 g/mol. The molecule has 1 N–H and O–H groups in total. The number of benzene rings is 2. The van der Waals surface area contributed by atoms with E-state index >= 15 is 4.39 Å². The van der Waals surface area contributed by atoms with Crippen molar-refractivity contribution in [2.45, 2.75) is 31.7 Å². The Morgan fingerprint density at radius 1 is 1.10 bits per heavy atom. The number of rotatable bonds is 4. The molecule has 13 heteroatoms. The van der Waals surface area contributed by atoms with Gasteiger partial charge in [-0.05, 0) is 61.7 Å². The highest BCUT2D eigenvalue weighted by Crippen LogP contribution is 2.48. The molecular weight excluding hydrogens is 582 g/mol. The Morgan fingerprint density at radius 3 is 2.37 bits per heavy atom. The number of hydrogen-bond donors (Lipinski definition) is 1. The van der Waals surface area contributed by atoms with Crippen LogP contribution in [-0.4, -0.2) is 48.4 Å². The Hall–Kier alpha value is -3.66. The molecule has 2 saturated heterocycles. The topological polar surface area (TPSA) is 79.7 Å². The lowest BCUT2D eigenvalue weighted by molar-refractivity contribution is -0.137. The predicted molar refractivity (Wildman–Crippen MR) is 150 cm³/mol. The molecule has 0 bridgehead atoms. The number of piperazine rings is 1. The highest BCUT2D eigenvalue weighted by Gasteiger charge is 2.54. The number of halogens is 5. The van der Waals surface area contributed by atoms with E-state index in [1.165, 1.54) is 34.4 Å².